The highest BCUT2D eigenvalue weighted by atomic mass is 32.2. The molecule has 0 aromatic rings. The molecule has 0 aromatic heterocycles. The van der Waals surface area contributed by atoms with Gasteiger partial charge in [-0.3, -0.25) is 9.59 Å². The van der Waals surface area contributed by atoms with Gasteiger partial charge in [0.25, 0.3) is 5.91 Å². The molecule has 1 unspecified atom stereocenters. The Hall–Kier alpha value is -1.75. The molecule has 1 amide bonds. The van der Waals surface area contributed by atoms with Gasteiger partial charge in [0.1, 0.15) is 13.2 Å². The third-order valence-electron chi connectivity index (χ3n) is 2.50. The highest BCUT2D eigenvalue weighted by Crippen LogP contribution is 2.26. The fourth-order valence-corrected chi connectivity index (χ4v) is 1.86. The molecule has 0 spiro atoms. The van der Waals surface area contributed by atoms with Crippen molar-refractivity contribution in [3.8, 4) is 0 Å². The van der Waals surface area contributed by atoms with Crippen LogP contribution >= 0.6 is 0 Å². The number of amides is 1. The predicted octanol–water partition coefficient (Wildman–Crippen LogP) is 1.46. The molecule has 0 radical (unpaired) electrons. The van der Waals surface area contributed by atoms with Crippen LogP contribution < -0.4 is 0 Å². The highest BCUT2D eigenvalue weighted by Gasteiger charge is 2.50. The zero-order chi connectivity index (χ0) is 18.9. The zero-order valence-corrected chi connectivity index (χ0v) is 14.0. The fourth-order valence-electron chi connectivity index (χ4n) is 1.27. The molecule has 11 heteroatoms. The maximum atomic E-state index is 12.2. The van der Waals surface area contributed by atoms with Crippen LogP contribution in [0.2, 0.25) is 0 Å². The average Bonchev–Trinajstić information content (AvgIpc) is 2.48. The molecule has 0 aliphatic carbocycles. The number of ether oxygens (including phenoxy) is 2. The largest absolute Gasteiger partial charge is 0.598 e. The maximum absolute atomic E-state index is 12.2. The molecule has 24 heavy (non-hydrogen) atoms. The van der Waals surface area contributed by atoms with Gasteiger partial charge in [-0.1, -0.05) is 6.58 Å². The van der Waals surface area contributed by atoms with Crippen molar-refractivity contribution in [3.63, 3.8) is 0 Å². The molecule has 0 heterocycles. The highest BCUT2D eigenvalue weighted by molar-refractivity contribution is 7.90. The van der Waals surface area contributed by atoms with Crippen molar-refractivity contribution >= 4 is 29.2 Å². The molecule has 1 atom stereocenters. The van der Waals surface area contributed by atoms with Gasteiger partial charge in [0.2, 0.25) is 0 Å². The molecule has 0 aromatic carbocycles. The summed E-state index contributed by atoms with van der Waals surface area (Å²) in [5.74, 6) is -2.33. The maximum Gasteiger partial charge on any atom is 0.598 e. The molecule has 0 bridgehead atoms. The smallest absolute Gasteiger partial charge is 0.585 e. The quantitative estimate of drug-likeness (QED) is 0.263. The van der Waals surface area contributed by atoms with Gasteiger partial charge >= 0.3 is 17.4 Å². The minimum atomic E-state index is -5.02. The molecule has 7 nitrogen and oxygen atoms in total. The van der Waals surface area contributed by atoms with Crippen molar-refractivity contribution < 1.29 is 41.6 Å². The van der Waals surface area contributed by atoms with Gasteiger partial charge in [0.05, 0.1) is 7.05 Å². The molecule has 0 saturated carbocycles. The van der Waals surface area contributed by atoms with E-state index >= 15 is 0 Å². The van der Waals surface area contributed by atoms with Crippen LogP contribution in [-0.4, -0.2) is 52.5 Å². The minimum absolute atomic E-state index is 0.0668. The summed E-state index contributed by atoms with van der Waals surface area (Å²) in [7, 11) is 0.764. The van der Waals surface area contributed by atoms with E-state index in [-0.39, 0.29) is 35.9 Å². The molecular weight excluding hydrogens is 355 g/mol. The van der Waals surface area contributed by atoms with Crippen LogP contribution in [0.5, 0.6) is 0 Å². The van der Waals surface area contributed by atoms with Crippen LogP contribution in [0.3, 0.4) is 0 Å². The Labute approximate surface area is 140 Å². The SMILES string of the molecule is C=C(C)C(=O)OCCOC(=O)CCCC(=O)N(C)[S+]([O-])C(F)(F)F. The van der Waals surface area contributed by atoms with Gasteiger partial charge in [0, 0.05) is 18.4 Å². The number of rotatable bonds is 9. The third-order valence-corrected chi connectivity index (χ3v) is 3.59. The fraction of sp³-hybridized carbons (Fsp3) is 0.615. The monoisotopic (exact) mass is 373 g/mol. The zero-order valence-electron chi connectivity index (χ0n) is 13.2. The lowest BCUT2D eigenvalue weighted by molar-refractivity contribution is -0.150. The van der Waals surface area contributed by atoms with E-state index in [1.165, 1.54) is 6.92 Å². The summed E-state index contributed by atoms with van der Waals surface area (Å²) in [6, 6.07) is 0. The van der Waals surface area contributed by atoms with E-state index in [1.54, 1.807) is 0 Å². The lowest BCUT2D eigenvalue weighted by atomic mass is 10.2. The summed E-state index contributed by atoms with van der Waals surface area (Å²) < 4.78 is 56.9. The van der Waals surface area contributed by atoms with Gasteiger partial charge < -0.3 is 14.0 Å². The Morgan fingerprint density at radius 3 is 2.21 bits per heavy atom. The van der Waals surface area contributed by atoms with Gasteiger partial charge in [-0.15, -0.1) is 13.2 Å². The average molecular weight is 373 g/mol. The van der Waals surface area contributed by atoms with E-state index < -0.39 is 41.1 Å². The van der Waals surface area contributed by atoms with Crippen molar-refractivity contribution in [1.82, 2.24) is 4.31 Å². The van der Waals surface area contributed by atoms with E-state index in [0.29, 0.717) is 0 Å². The number of alkyl halides is 3. The molecule has 0 aliphatic heterocycles. The van der Waals surface area contributed by atoms with E-state index in [9.17, 15) is 32.1 Å². The van der Waals surface area contributed by atoms with Gasteiger partial charge in [-0.2, -0.15) is 4.31 Å². The summed E-state index contributed by atoms with van der Waals surface area (Å²) in [4.78, 5) is 33.8. The number of halogens is 3. The normalized spacial score (nSPS) is 12.2. The van der Waals surface area contributed by atoms with Crippen LogP contribution in [0.15, 0.2) is 12.2 Å². The van der Waals surface area contributed by atoms with Crippen molar-refractivity contribution in [2.24, 2.45) is 0 Å². The number of carbonyl (C=O) groups excluding carboxylic acids is 3. The molecule has 0 rings (SSSR count). The van der Waals surface area contributed by atoms with Crippen LogP contribution in [0, 0.1) is 0 Å². The second kappa shape index (κ2) is 10.2. The first-order valence-corrected chi connectivity index (χ1v) is 7.81. The Bertz CT molecular complexity index is 483. The third kappa shape index (κ3) is 8.77. The van der Waals surface area contributed by atoms with Crippen LogP contribution in [-0.2, 0) is 35.2 Å². The number of hydrogen-bond donors (Lipinski definition) is 0. The van der Waals surface area contributed by atoms with Crippen LogP contribution in [0.4, 0.5) is 13.2 Å². The van der Waals surface area contributed by atoms with Gasteiger partial charge in [-0.05, 0) is 13.3 Å². The Morgan fingerprint density at radius 1 is 1.17 bits per heavy atom. The summed E-state index contributed by atoms with van der Waals surface area (Å²) in [6.45, 7) is 4.46. The first-order chi connectivity index (χ1) is 11.0. The Morgan fingerprint density at radius 2 is 1.71 bits per heavy atom. The summed E-state index contributed by atoms with van der Waals surface area (Å²) in [5, 5.41) is 0. The number of carbonyl (C=O) groups is 3. The summed E-state index contributed by atoms with van der Waals surface area (Å²) in [6.07, 6.45) is -0.673. The van der Waals surface area contributed by atoms with Gasteiger partial charge in [-0.25, -0.2) is 4.79 Å². The van der Waals surface area contributed by atoms with Crippen molar-refractivity contribution in [3.05, 3.63) is 12.2 Å². The predicted molar refractivity (Wildman–Crippen MR) is 77.6 cm³/mol. The second-order valence-electron chi connectivity index (χ2n) is 4.58. The lowest BCUT2D eigenvalue weighted by Gasteiger charge is -2.20. The molecule has 0 fully saturated rings. The summed E-state index contributed by atoms with van der Waals surface area (Å²) in [5.41, 5.74) is -4.83. The Balaban J connectivity index is 3.94. The van der Waals surface area contributed by atoms with E-state index in [0.717, 1.165) is 7.05 Å². The topological polar surface area (TPSA) is 96.0 Å². The van der Waals surface area contributed by atoms with Crippen molar-refractivity contribution in [2.45, 2.75) is 31.7 Å². The first kappa shape index (κ1) is 22.2. The molecule has 138 valence electrons. The van der Waals surface area contributed by atoms with Crippen molar-refractivity contribution in [2.75, 3.05) is 20.3 Å². The number of nitrogens with zero attached hydrogens (tertiary/aromatic N) is 1. The van der Waals surface area contributed by atoms with E-state index in [4.69, 9.17) is 4.74 Å². The molecule has 0 N–H and O–H groups in total. The first-order valence-electron chi connectivity index (χ1n) is 6.70. The minimum Gasteiger partial charge on any atom is -0.585 e. The second-order valence-corrected chi connectivity index (χ2v) is 6.09. The van der Waals surface area contributed by atoms with Crippen molar-refractivity contribution in [1.29, 1.82) is 0 Å². The van der Waals surface area contributed by atoms with Gasteiger partial charge in [0.15, 0.2) is 11.4 Å². The molecule has 0 saturated heterocycles. The van der Waals surface area contributed by atoms with E-state index in [1.807, 2.05) is 0 Å². The Kier molecular flexibility index (Phi) is 9.44. The number of hydrogen-bond acceptors (Lipinski definition) is 6. The summed E-state index contributed by atoms with van der Waals surface area (Å²) >= 11 is -3.43. The van der Waals surface area contributed by atoms with E-state index in [2.05, 4.69) is 11.3 Å². The van der Waals surface area contributed by atoms with Crippen LogP contribution in [0.1, 0.15) is 26.2 Å². The molecular formula is C13H18F3NO6S. The standard InChI is InChI=1S/C13H18F3NO6S/c1-9(2)12(20)23-8-7-22-11(19)6-4-5-10(18)17(3)24(21)13(14,15)16/h1,4-8H2,2-3H3. The van der Waals surface area contributed by atoms with Crippen LogP contribution in [0.25, 0.3) is 0 Å². The lowest BCUT2D eigenvalue weighted by Crippen LogP contribution is -2.41. The molecule has 0 aliphatic rings. The number of esters is 2.